The van der Waals surface area contributed by atoms with E-state index in [1.54, 1.807) is 37.3 Å². The topological polar surface area (TPSA) is 76.0 Å². The number of aromatic nitrogens is 2. The van der Waals surface area contributed by atoms with Crippen LogP contribution in [0.5, 0.6) is 0 Å². The highest BCUT2D eigenvalue weighted by molar-refractivity contribution is 6.31. The highest BCUT2D eigenvalue weighted by atomic mass is 35.5. The van der Waals surface area contributed by atoms with Crippen molar-refractivity contribution < 1.29 is 9.59 Å². The number of nitrogens with zero attached hydrogens (tertiary/aromatic N) is 2. The summed E-state index contributed by atoms with van der Waals surface area (Å²) < 4.78 is 1.89. The number of nitrogens with one attached hydrogen (secondary N) is 2. The van der Waals surface area contributed by atoms with E-state index < -0.39 is 0 Å². The Morgan fingerprint density at radius 3 is 2.32 bits per heavy atom. The normalized spacial score (nSPS) is 11.0. The Morgan fingerprint density at radius 1 is 1.03 bits per heavy atom. The summed E-state index contributed by atoms with van der Waals surface area (Å²) in [5, 5.41) is 10.9. The molecule has 2 N–H and O–H groups in total. The number of aryl methyl sites for hydroxylation is 1. The zero-order chi connectivity index (χ0) is 22.4. The first-order chi connectivity index (χ1) is 14.9. The molecule has 0 radical (unpaired) electrons. The molecule has 6 nitrogen and oxygen atoms in total. The second-order valence-corrected chi connectivity index (χ2v) is 7.54. The summed E-state index contributed by atoms with van der Waals surface area (Å²) in [4.78, 5) is 23.8. The first-order valence-electron chi connectivity index (χ1n) is 10.0. The van der Waals surface area contributed by atoms with Crippen LogP contribution in [0.3, 0.4) is 0 Å². The molecule has 7 heteroatoms. The number of carbonyl (C=O) groups is 2. The molecule has 0 saturated heterocycles. The van der Waals surface area contributed by atoms with Gasteiger partial charge in [0.1, 0.15) is 0 Å². The van der Waals surface area contributed by atoms with Gasteiger partial charge in [-0.2, -0.15) is 5.10 Å². The predicted molar refractivity (Wildman–Crippen MR) is 125 cm³/mol. The average Bonchev–Trinajstić information content (AvgIpc) is 3.02. The van der Waals surface area contributed by atoms with Crippen LogP contribution in [0.15, 0.2) is 54.6 Å². The largest absolute Gasteiger partial charge is 0.326 e. The minimum Gasteiger partial charge on any atom is -0.326 e. The smallest absolute Gasteiger partial charge is 0.248 e. The molecule has 0 aliphatic carbocycles. The molecule has 3 rings (SSSR count). The monoisotopic (exact) mass is 436 g/mol. The molecule has 3 aromatic rings. The molecule has 0 saturated carbocycles. The minimum absolute atomic E-state index is 0.0551. The lowest BCUT2D eigenvalue weighted by Crippen LogP contribution is -2.10. The first kappa shape index (κ1) is 22.3. The zero-order valence-electron chi connectivity index (χ0n) is 17.8. The fourth-order valence-electron chi connectivity index (χ4n) is 3.12. The van der Waals surface area contributed by atoms with Gasteiger partial charge < -0.3 is 10.6 Å². The van der Waals surface area contributed by atoms with E-state index in [2.05, 4.69) is 15.7 Å². The maximum absolute atomic E-state index is 12.3. The summed E-state index contributed by atoms with van der Waals surface area (Å²) >= 11 is 6.27. The van der Waals surface area contributed by atoms with Crippen LogP contribution in [0.2, 0.25) is 5.02 Å². The summed E-state index contributed by atoms with van der Waals surface area (Å²) in [6.45, 7) is 6.24. The summed E-state index contributed by atoms with van der Waals surface area (Å²) in [5.41, 5.74) is 5.02. The third-order valence-electron chi connectivity index (χ3n) is 4.87. The molecule has 0 aliphatic rings. The standard InChI is InChI=1S/C24H25ClN4O2/c1-4-23(30)26-19-9-11-20(12-10-19)27-24(31)14-13-21-16(2)28-29(17(21)3)15-18-7-5-6-8-22(18)25/h5-14H,4,15H2,1-3H3,(H,26,30)(H,27,31). The predicted octanol–water partition coefficient (Wildman–Crippen LogP) is 5.20. The van der Waals surface area contributed by atoms with Gasteiger partial charge in [0, 0.05) is 40.2 Å². The van der Waals surface area contributed by atoms with Crippen molar-refractivity contribution in [2.45, 2.75) is 33.7 Å². The molecule has 0 aliphatic heterocycles. The van der Waals surface area contributed by atoms with Gasteiger partial charge in [-0.15, -0.1) is 0 Å². The van der Waals surface area contributed by atoms with Crippen molar-refractivity contribution >= 4 is 40.9 Å². The lowest BCUT2D eigenvalue weighted by atomic mass is 10.1. The number of anilines is 2. The molecule has 0 spiro atoms. The van der Waals surface area contributed by atoms with Crippen LogP contribution in [0.4, 0.5) is 11.4 Å². The second kappa shape index (κ2) is 10.1. The molecule has 160 valence electrons. The molecular formula is C24H25ClN4O2. The van der Waals surface area contributed by atoms with Gasteiger partial charge in [-0.05, 0) is 55.8 Å². The third kappa shape index (κ3) is 5.83. The van der Waals surface area contributed by atoms with Crippen LogP contribution in [0.25, 0.3) is 6.08 Å². The van der Waals surface area contributed by atoms with E-state index in [4.69, 9.17) is 11.6 Å². The number of hydrogen-bond acceptors (Lipinski definition) is 3. The number of halogens is 1. The van der Waals surface area contributed by atoms with E-state index in [0.29, 0.717) is 29.4 Å². The Labute approximate surface area is 186 Å². The van der Waals surface area contributed by atoms with Crippen molar-refractivity contribution in [2.75, 3.05) is 10.6 Å². The van der Waals surface area contributed by atoms with E-state index in [0.717, 1.165) is 22.5 Å². The molecule has 0 bridgehead atoms. The fourth-order valence-corrected chi connectivity index (χ4v) is 3.32. The van der Waals surface area contributed by atoms with Gasteiger partial charge in [0.15, 0.2) is 0 Å². The summed E-state index contributed by atoms with van der Waals surface area (Å²) in [7, 11) is 0. The average molecular weight is 437 g/mol. The molecular weight excluding hydrogens is 412 g/mol. The fraction of sp³-hybridized carbons (Fsp3) is 0.208. The number of hydrogen-bond donors (Lipinski definition) is 2. The number of benzene rings is 2. The zero-order valence-corrected chi connectivity index (χ0v) is 18.5. The molecule has 1 aromatic heterocycles. The molecule has 0 atom stereocenters. The van der Waals surface area contributed by atoms with Crippen molar-refractivity contribution in [1.29, 1.82) is 0 Å². The van der Waals surface area contributed by atoms with Crippen molar-refractivity contribution in [2.24, 2.45) is 0 Å². The van der Waals surface area contributed by atoms with E-state index in [-0.39, 0.29) is 11.8 Å². The van der Waals surface area contributed by atoms with Crippen molar-refractivity contribution in [1.82, 2.24) is 9.78 Å². The lowest BCUT2D eigenvalue weighted by molar-refractivity contribution is -0.116. The van der Waals surface area contributed by atoms with Crippen molar-refractivity contribution in [3.63, 3.8) is 0 Å². The summed E-state index contributed by atoms with van der Waals surface area (Å²) in [6.07, 6.45) is 3.67. The number of rotatable bonds is 7. The van der Waals surface area contributed by atoms with E-state index in [1.165, 1.54) is 6.08 Å². The molecule has 0 unspecified atom stereocenters. The first-order valence-corrected chi connectivity index (χ1v) is 10.4. The summed E-state index contributed by atoms with van der Waals surface area (Å²) in [6, 6.07) is 14.7. The van der Waals surface area contributed by atoms with Crippen LogP contribution >= 0.6 is 11.6 Å². The number of carbonyl (C=O) groups excluding carboxylic acids is 2. The van der Waals surface area contributed by atoms with Crippen LogP contribution in [0, 0.1) is 13.8 Å². The van der Waals surface area contributed by atoms with E-state index in [9.17, 15) is 9.59 Å². The second-order valence-electron chi connectivity index (χ2n) is 7.14. The third-order valence-corrected chi connectivity index (χ3v) is 5.24. The van der Waals surface area contributed by atoms with Crippen LogP contribution in [-0.2, 0) is 16.1 Å². The number of amides is 2. The molecule has 31 heavy (non-hydrogen) atoms. The van der Waals surface area contributed by atoms with Gasteiger partial charge in [-0.1, -0.05) is 36.7 Å². The Bertz CT molecular complexity index is 1120. The van der Waals surface area contributed by atoms with Crippen LogP contribution in [0.1, 0.15) is 35.9 Å². The minimum atomic E-state index is -0.247. The molecule has 2 amide bonds. The summed E-state index contributed by atoms with van der Waals surface area (Å²) in [5.74, 6) is -0.302. The quantitative estimate of drug-likeness (QED) is 0.499. The van der Waals surface area contributed by atoms with Crippen molar-refractivity contribution in [3.05, 3.63) is 82.1 Å². The maximum Gasteiger partial charge on any atom is 0.248 e. The highest BCUT2D eigenvalue weighted by Crippen LogP contribution is 2.20. The Balaban J connectivity index is 1.66. The van der Waals surface area contributed by atoms with E-state index >= 15 is 0 Å². The van der Waals surface area contributed by atoms with Gasteiger partial charge in [0.05, 0.1) is 12.2 Å². The van der Waals surface area contributed by atoms with Gasteiger partial charge >= 0.3 is 0 Å². The lowest BCUT2D eigenvalue weighted by Gasteiger charge is -2.07. The maximum atomic E-state index is 12.3. The van der Waals surface area contributed by atoms with E-state index in [1.807, 2.05) is 42.8 Å². The van der Waals surface area contributed by atoms with Gasteiger partial charge in [-0.3, -0.25) is 14.3 Å². The SMILES string of the molecule is CCC(=O)Nc1ccc(NC(=O)C=Cc2c(C)nn(Cc3ccccc3Cl)c2C)cc1. The van der Waals surface area contributed by atoms with Gasteiger partial charge in [0.2, 0.25) is 11.8 Å². The molecule has 0 fully saturated rings. The Morgan fingerprint density at radius 2 is 1.68 bits per heavy atom. The van der Waals surface area contributed by atoms with Gasteiger partial charge in [0.25, 0.3) is 0 Å². The van der Waals surface area contributed by atoms with Crippen LogP contribution in [-0.4, -0.2) is 21.6 Å². The van der Waals surface area contributed by atoms with Crippen LogP contribution < -0.4 is 10.6 Å². The van der Waals surface area contributed by atoms with Crippen molar-refractivity contribution in [3.8, 4) is 0 Å². The Kier molecular flexibility index (Phi) is 7.26. The highest BCUT2D eigenvalue weighted by Gasteiger charge is 2.11. The van der Waals surface area contributed by atoms with Gasteiger partial charge in [-0.25, -0.2) is 0 Å². The Hall–Kier alpha value is -3.38. The molecule has 2 aromatic carbocycles. The molecule has 1 heterocycles.